The number of nitrogens with one attached hydrogen (secondary N) is 1. The Morgan fingerprint density at radius 3 is 2.65 bits per heavy atom. The van der Waals surface area contributed by atoms with Crippen molar-refractivity contribution in [2.24, 2.45) is 0 Å². The first-order valence-electron chi connectivity index (χ1n) is 5.99. The molecule has 1 heterocycles. The molecule has 0 saturated heterocycles. The van der Waals surface area contributed by atoms with Crippen LogP contribution in [0.25, 0.3) is 0 Å². The summed E-state index contributed by atoms with van der Waals surface area (Å²) in [5.74, 6) is -0.324. The molecule has 1 aromatic heterocycles. The Kier molecular flexibility index (Phi) is 4.77. The maximum atomic E-state index is 11.7. The van der Waals surface area contributed by atoms with Gasteiger partial charge in [-0.25, -0.2) is 9.78 Å². The van der Waals surface area contributed by atoms with Gasteiger partial charge in [-0.1, -0.05) is 30.3 Å². The quantitative estimate of drug-likeness (QED) is 0.835. The van der Waals surface area contributed by atoms with Crippen molar-refractivity contribution in [2.45, 2.75) is 6.61 Å². The van der Waals surface area contributed by atoms with Crippen molar-refractivity contribution >= 4 is 11.9 Å². The van der Waals surface area contributed by atoms with E-state index in [1.165, 1.54) is 18.6 Å². The average Bonchev–Trinajstić information content (AvgIpc) is 2.52. The van der Waals surface area contributed by atoms with Crippen molar-refractivity contribution in [2.75, 3.05) is 6.54 Å². The number of aromatic nitrogens is 2. The van der Waals surface area contributed by atoms with Crippen LogP contribution in [0.4, 0.5) is 4.79 Å². The summed E-state index contributed by atoms with van der Waals surface area (Å²) in [5.41, 5.74) is 1.08. The van der Waals surface area contributed by atoms with Crippen molar-refractivity contribution in [3.63, 3.8) is 0 Å². The van der Waals surface area contributed by atoms with Gasteiger partial charge in [0.15, 0.2) is 0 Å². The molecule has 102 valence electrons. The smallest absolute Gasteiger partial charge is 0.407 e. The highest BCUT2D eigenvalue weighted by Gasteiger charge is 2.09. The molecule has 0 unspecified atom stereocenters. The number of carbonyl (C=O) groups excluding carboxylic acids is 2. The molecule has 0 atom stereocenters. The first-order valence-corrected chi connectivity index (χ1v) is 5.99. The third-order valence-electron chi connectivity index (χ3n) is 2.45. The van der Waals surface area contributed by atoms with Gasteiger partial charge in [0.2, 0.25) is 5.78 Å². The van der Waals surface area contributed by atoms with Crippen LogP contribution in [-0.2, 0) is 11.3 Å². The van der Waals surface area contributed by atoms with E-state index >= 15 is 0 Å². The molecule has 0 fully saturated rings. The summed E-state index contributed by atoms with van der Waals surface area (Å²) in [6.45, 7) is -0.0156. The first kappa shape index (κ1) is 13.7. The van der Waals surface area contributed by atoms with E-state index in [-0.39, 0.29) is 24.6 Å². The monoisotopic (exact) mass is 271 g/mol. The molecule has 20 heavy (non-hydrogen) atoms. The zero-order valence-electron chi connectivity index (χ0n) is 10.7. The van der Waals surface area contributed by atoms with Crippen LogP contribution in [-0.4, -0.2) is 28.4 Å². The topological polar surface area (TPSA) is 81.2 Å². The Hall–Kier alpha value is -2.76. The summed E-state index contributed by atoms with van der Waals surface area (Å²) in [6.07, 6.45) is 3.59. The van der Waals surface area contributed by atoms with Gasteiger partial charge in [0, 0.05) is 12.4 Å². The molecule has 6 nitrogen and oxygen atoms in total. The highest BCUT2D eigenvalue weighted by Crippen LogP contribution is 2.00. The Morgan fingerprint density at radius 2 is 1.95 bits per heavy atom. The predicted octanol–water partition coefficient (Wildman–Crippen LogP) is 1.59. The molecule has 1 N–H and O–H groups in total. The molecule has 0 bridgehead atoms. The Morgan fingerprint density at radius 1 is 1.15 bits per heavy atom. The second-order valence-electron chi connectivity index (χ2n) is 3.93. The minimum atomic E-state index is -0.647. The van der Waals surface area contributed by atoms with Gasteiger partial charge >= 0.3 is 6.09 Å². The number of hydrogen-bond acceptors (Lipinski definition) is 5. The number of ketones is 1. The van der Waals surface area contributed by atoms with Gasteiger partial charge < -0.3 is 10.1 Å². The largest absolute Gasteiger partial charge is 0.445 e. The summed E-state index contributed by atoms with van der Waals surface area (Å²) >= 11 is 0. The van der Waals surface area contributed by atoms with Crippen LogP contribution in [0.5, 0.6) is 0 Å². The molecular weight excluding hydrogens is 258 g/mol. The molecule has 0 spiro atoms. The van der Waals surface area contributed by atoms with Crippen molar-refractivity contribution in [3.05, 3.63) is 60.2 Å². The number of ether oxygens (including phenoxy) is 1. The molecule has 0 aliphatic heterocycles. The van der Waals surface area contributed by atoms with Gasteiger partial charge in [-0.3, -0.25) is 9.78 Å². The number of hydrogen-bond donors (Lipinski definition) is 1. The lowest BCUT2D eigenvalue weighted by molar-refractivity contribution is 0.0969. The third kappa shape index (κ3) is 4.16. The fraction of sp³-hybridized carbons (Fsp3) is 0.143. The molecule has 1 aromatic carbocycles. The molecule has 2 aromatic rings. The fourth-order valence-electron chi connectivity index (χ4n) is 1.46. The van der Waals surface area contributed by atoms with Gasteiger partial charge in [-0.2, -0.15) is 0 Å². The normalized spacial score (nSPS) is 9.80. The number of rotatable bonds is 5. The maximum absolute atomic E-state index is 11.7. The fourth-order valence-corrected chi connectivity index (χ4v) is 1.46. The van der Waals surface area contributed by atoms with Gasteiger partial charge in [-0.15, -0.1) is 0 Å². The van der Waals surface area contributed by atoms with Crippen LogP contribution in [0.3, 0.4) is 0 Å². The van der Waals surface area contributed by atoms with Crippen LogP contribution < -0.4 is 5.32 Å². The third-order valence-corrected chi connectivity index (χ3v) is 2.45. The number of amides is 1. The van der Waals surface area contributed by atoms with Crippen molar-refractivity contribution in [3.8, 4) is 0 Å². The first-order chi connectivity index (χ1) is 9.75. The highest BCUT2D eigenvalue weighted by atomic mass is 16.5. The molecule has 0 aliphatic carbocycles. The number of nitrogens with zero attached hydrogens (tertiary/aromatic N) is 2. The minimum Gasteiger partial charge on any atom is -0.445 e. The SMILES string of the molecule is O=C(NCC(=O)c1cnccn1)OCc1ccccc1. The number of Topliss-reactive ketones (excluding diaryl/α,β-unsaturated/α-hetero) is 1. The molecular formula is C14H13N3O3. The second kappa shape index (κ2) is 6.98. The van der Waals surface area contributed by atoms with Crippen molar-refractivity contribution < 1.29 is 14.3 Å². The number of carbonyl (C=O) groups is 2. The molecule has 0 saturated carbocycles. The van der Waals surface area contributed by atoms with E-state index in [4.69, 9.17) is 4.74 Å². The summed E-state index contributed by atoms with van der Waals surface area (Å²) in [7, 11) is 0. The van der Waals surface area contributed by atoms with E-state index in [1.54, 1.807) is 0 Å². The average molecular weight is 271 g/mol. The molecule has 0 aliphatic rings. The van der Waals surface area contributed by atoms with Crippen molar-refractivity contribution in [1.82, 2.24) is 15.3 Å². The summed E-state index contributed by atoms with van der Waals surface area (Å²) < 4.78 is 4.98. The standard InChI is InChI=1S/C14H13N3O3/c18-13(12-8-15-6-7-16-12)9-17-14(19)20-10-11-4-2-1-3-5-11/h1-8H,9-10H2,(H,17,19). The highest BCUT2D eigenvalue weighted by molar-refractivity contribution is 5.96. The van der Waals surface area contributed by atoms with Crippen LogP contribution in [0.1, 0.15) is 16.1 Å². The number of benzene rings is 1. The van der Waals surface area contributed by atoms with Crippen LogP contribution in [0.2, 0.25) is 0 Å². The summed E-state index contributed by atoms with van der Waals surface area (Å²) in [4.78, 5) is 30.7. The van der Waals surface area contributed by atoms with E-state index in [9.17, 15) is 9.59 Å². The van der Waals surface area contributed by atoms with Crippen molar-refractivity contribution in [1.29, 1.82) is 0 Å². The summed E-state index contributed by atoms with van der Waals surface area (Å²) in [6, 6.07) is 9.28. The Labute approximate surface area is 115 Å². The minimum absolute atomic E-state index is 0.159. The van der Waals surface area contributed by atoms with Gasteiger partial charge in [0.25, 0.3) is 0 Å². The molecule has 6 heteroatoms. The Balaban J connectivity index is 1.74. The maximum Gasteiger partial charge on any atom is 0.407 e. The lowest BCUT2D eigenvalue weighted by Crippen LogP contribution is -2.30. The van der Waals surface area contributed by atoms with E-state index in [0.29, 0.717) is 0 Å². The van der Waals surface area contributed by atoms with Gasteiger partial charge in [-0.05, 0) is 5.56 Å². The second-order valence-corrected chi connectivity index (χ2v) is 3.93. The van der Waals surface area contributed by atoms with E-state index < -0.39 is 6.09 Å². The lowest BCUT2D eigenvalue weighted by atomic mass is 10.2. The zero-order chi connectivity index (χ0) is 14.2. The molecule has 1 amide bonds. The molecule has 2 rings (SSSR count). The van der Waals surface area contributed by atoms with Gasteiger partial charge in [0.1, 0.15) is 12.3 Å². The van der Waals surface area contributed by atoms with E-state index in [2.05, 4.69) is 15.3 Å². The van der Waals surface area contributed by atoms with Gasteiger partial charge in [0.05, 0.1) is 12.7 Å². The Bertz CT molecular complexity index is 573. The van der Waals surface area contributed by atoms with E-state index in [0.717, 1.165) is 5.56 Å². The van der Waals surface area contributed by atoms with Crippen LogP contribution >= 0.6 is 0 Å². The summed E-state index contributed by atoms with van der Waals surface area (Å²) in [5, 5.41) is 2.37. The number of alkyl carbamates (subject to hydrolysis) is 1. The predicted molar refractivity (Wildman–Crippen MR) is 71.0 cm³/mol. The molecule has 0 radical (unpaired) electrons. The van der Waals surface area contributed by atoms with Crippen LogP contribution in [0, 0.1) is 0 Å². The van der Waals surface area contributed by atoms with Crippen LogP contribution in [0.15, 0.2) is 48.9 Å². The zero-order valence-corrected chi connectivity index (χ0v) is 10.7. The van der Waals surface area contributed by atoms with E-state index in [1.807, 2.05) is 30.3 Å². The lowest BCUT2D eigenvalue weighted by Gasteiger charge is -2.06.